The fraction of sp³-hybridized carbons (Fsp3) is 0.227. The maximum Gasteiger partial charge on any atom is 0.274 e. The quantitative estimate of drug-likeness (QED) is 0.682. The summed E-state index contributed by atoms with van der Waals surface area (Å²) in [5.41, 5.74) is 9.59. The van der Waals surface area contributed by atoms with Crippen LogP contribution in [-0.4, -0.2) is 30.6 Å². The minimum absolute atomic E-state index is 0.239. The van der Waals surface area contributed by atoms with E-state index in [1.165, 1.54) is 0 Å². The molecule has 0 spiro atoms. The summed E-state index contributed by atoms with van der Waals surface area (Å²) >= 11 is 0. The topological polar surface area (TPSA) is 112 Å². The second-order valence-electron chi connectivity index (χ2n) is 7.52. The third kappa shape index (κ3) is 3.71. The van der Waals surface area contributed by atoms with Gasteiger partial charge in [0.05, 0.1) is 0 Å². The largest absolute Gasteiger partial charge is 0.384 e. The molecule has 1 saturated carbocycles. The van der Waals surface area contributed by atoms with Crippen LogP contribution in [0, 0.1) is 0 Å². The van der Waals surface area contributed by atoms with E-state index >= 15 is 0 Å². The molecule has 0 unspecified atom stereocenters. The molecule has 30 heavy (non-hydrogen) atoms. The molecule has 0 aliphatic heterocycles. The Morgan fingerprint density at radius 3 is 2.87 bits per heavy atom. The van der Waals surface area contributed by atoms with Crippen LogP contribution >= 0.6 is 0 Å². The molecular formula is C22H21N7O. The summed E-state index contributed by atoms with van der Waals surface area (Å²) < 4.78 is 2.12. The minimum atomic E-state index is -0.239. The van der Waals surface area contributed by atoms with Crippen LogP contribution in [0.3, 0.4) is 0 Å². The van der Waals surface area contributed by atoms with E-state index in [1.54, 1.807) is 30.9 Å². The summed E-state index contributed by atoms with van der Waals surface area (Å²) in [6, 6.07) is 7.70. The van der Waals surface area contributed by atoms with Crippen molar-refractivity contribution in [3.05, 3.63) is 72.4 Å². The third-order valence-corrected chi connectivity index (χ3v) is 5.27. The highest BCUT2D eigenvalue weighted by atomic mass is 16.1. The van der Waals surface area contributed by atoms with E-state index < -0.39 is 0 Å². The molecule has 8 heteroatoms. The highest BCUT2D eigenvalue weighted by Crippen LogP contribution is 2.37. The van der Waals surface area contributed by atoms with Gasteiger partial charge in [-0.1, -0.05) is 6.08 Å². The van der Waals surface area contributed by atoms with E-state index in [4.69, 9.17) is 5.73 Å². The van der Waals surface area contributed by atoms with Crippen LogP contribution in [0.2, 0.25) is 0 Å². The lowest BCUT2D eigenvalue weighted by atomic mass is 10.0. The van der Waals surface area contributed by atoms with Gasteiger partial charge in [-0.2, -0.15) is 0 Å². The number of nitrogen functional groups attached to an aromatic ring is 1. The van der Waals surface area contributed by atoms with Crippen LogP contribution in [0.25, 0.3) is 16.7 Å². The Kier molecular flexibility index (Phi) is 4.59. The van der Waals surface area contributed by atoms with Gasteiger partial charge in [0, 0.05) is 35.3 Å². The standard InChI is InChI=1S/C22H21N7O/c23-20-7-4-16(12-25-20)14-8-9-24-19(11-14)22(30)27-17-3-1-2-15(10-17)21-28-26-13-29(21)18-5-6-18/h2,4,7-13,18H,1,3,5-6H2,(H2,23,25)(H,27,30). The number of carbonyl (C=O) groups excluding carboxylic acids is 1. The molecule has 5 rings (SSSR count). The van der Waals surface area contributed by atoms with Gasteiger partial charge in [0.1, 0.15) is 17.8 Å². The molecule has 0 saturated heterocycles. The molecule has 2 aliphatic carbocycles. The van der Waals surface area contributed by atoms with Crippen molar-refractivity contribution in [1.29, 1.82) is 0 Å². The fourth-order valence-electron chi connectivity index (χ4n) is 3.55. The molecule has 3 aromatic rings. The van der Waals surface area contributed by atoms with Crippen molar-refractivity contribution >= 4 is 17.3 Å². The van der Waals surface area contributed by atoms with Crippen LogP contribution in [0.15, 0.2) is 60.8 Å². The summed E-state index contributed by atoms with van der Waals surface area (Å²) in [6.07, 6.45) is 13.1. The lowest BCUT2D eigenvalue weighted by molar-refractivity contribution is 0.0959. The lowest BCUT2D eigenvalue weighted by Crippen LogP contribution is -2.24. The number of pyridine rings is 2. The number of carbonyl (C=O) groups is 1. The molecule has 1 fully saturated rings. The summed E-state index contributed by atoms with van der Waals surface area (Å²) in [6.45, 7) is 0. The Labute approximate surface area is 173 Å². The summed E-state index contributed by atoms with van der Waals surface area (Å²) in [4.78, 5) is 21.2. The average molecular weight is 399 g/mol. The molecule has 3 aromatic heterocycles. The van der Waals surface area contributed by atoms with E-state index in [9.17, 15) is 4.79 Å². The Morgan fingerprint density at radius 1 is 1.17 bits per heavy atom. The molecule has 0 radical (unpaired) electrons. The number of anilines is 1. The second kappa shape index (κ2) is 7.55. The van der Waals surface area contributed by atoms with Crippen LogP contribution < -0.4 is 11.1 Å². The van der Waals surface area contributed by atoms with Crippen LogP contribution in [0.5, 0.6) is 0 Å². The smallest absolute Gasteiger partial charge is 0.274 e. The molecule has 0 bridgehead atoms. The van der Waals surface area contributed by atoms with Crippen LogP contribution in [0.1, 0.15) is 48.0 Å². The maximum atomic E-state index is 12.8. The molecule has 0 aromatic carbocycles. The molecule has 1 amide bonds. The zero-order chi connectivity index (χ0) is 20.5. The number of amides is 1. The maximum absolute atomic E-state index is 12.8. The SMILES string of the molecule is Nc1ccc(-c2ccnc(C(=O)NC3=CC(c4nncn4C4CC4)=CCC3)c2)cn1. The lowest BCUT2D eigenvalue weighted by Gasteiger charge is -2.15. The van der Waals surface area contributed by atoms with Crippen molar-refractivity contribution in [1.82, 2.24) is 30.0 Å². The van der Waals surface area contributed by atoms with E-state index in [2.05, 4.69) is 36.1 Å². The Balaban J connectivity index is 1.34. The highest BCUT2D eigenvalue weighted by Gasteiger charge is 2.27. The molecule has 150 valence electrons. The first-order chi connectivity index (χ1) is 14.7. The van der Waals surface area contributed by atoms with Gasteiger partial charge in [-0.25, -0.2) is 4.98 Å². The van der Waals surface area contributed by atoms with Crippen molar-refractivity contribution in [2.24, 2.45) is 0 Å². The molecule has 3 N–H and O–H groups in total. The highest BCUT2D eigenvalue weighted by molar-refractivity contribution is 5.95. The van der Waals surface area contributed by atoms with Crippen molar-refractivity contribution in [3.63, 3.8) is 0 Å². The normalized spacial score (nSPS) is 16.0. The van der Waals surface area contributed by atoms with Crippen molar-refractivity contribution in [2.75, 3.05) is 5.73 Å². The predicted molar refractivity (Wildman–Crippen MR) is 113 cm³/mol. The number of rotatable bonds is 5. The average Bonchev–Trinajstić information content (AvgIpc) is 3.50. The van der Waals surface area contributed by atoms with Gasteiger partial charge >= 0.3 is 0 Å². The third-order valence-electron chi connectivity index (χ3n) is 5.27. The monoisotopic (exact) mass is 399 g/mol. The number of aromatic nitrogens is 5. The molecule has 0 atom stereocenters. The fourth-order valence-corrected chi connectivity index (χ4v) is 3.55. The van der Waals surface area contributed by atoms with Crippen LogP contribution in [-0.2, 0) is 0 Å². The molecular weight excluding hydrogens is 378 g/mol. The minimum Gasteiger partial charge on any atom is -0.384 e. The van der Waals surface area contributed by atoms with E-state index in [0.29, 0.717) is 17.6 Å². The van der Waals surface area contributed by atoms with Gasteiger partial charge < -0.3 is 15.6 Å². The van der Waals surface area contributed by atoms with E-state index in [-0.39, 0.29) is 5.91 Å². The zero-order valence-electron chi connectivity index (χ0n) is 16.3. The Hall–Kier alpha value is -3.81. The van der Waals surface area contributed by atoms with Gasteiger partial charge in [-0.15, -0.1) is 10.2 Å². The first-order valence-corrected chi connectivity index (χ1v) is 9.97. The van der Waals surface area contributed by atoms with Crippen molar-refractivity contribution in [2.45, 2.75) is 31.7 Å². The summed E-state index contributed by atoms with van der Waals surface area (Å²) in [7, 11) is 0. The Bertz CT molecular complexity index is 1160. The summed E-state index contributed by atoms with van der Waals surface area (Å²) in [5.74, 6) is 1.08. The first kappa shape index (κ1) is 18.2. The Morgan fingerprint density at radius 2 is 2.07 bits per heavy atom. The number of hydrogen-bond donors (Lipinski definition) is 2. The molecule has 3 heterocycles. The van der Waals surface area contributed by atoms with Crippen molar-refractivity contribution < 1.29 is 4.79 Å². The van der Waals surface area contributed by atoms with Gasteiger partial charge in [-0.05, 0) is 61.6 Å². The summed E-state index contributed by atoms with van der Waals surface area (Å²) in [5, 5.41) is 11.4. The zero-order valence-corrected chi connectivity index (χ0v) is 16.3. The number of hydrogen-bond acceptors (Lipinski definition) is 6. The molecule has 2 aliphatic rings. The number of nitrogens with one attached hydrogen (secondary N) is 1. The first-order valence-electron chi connectivity index (χ1n) is 9.97. The second-order valence-corrected chi connectivity index (χ2v) is 7.52. The van der Waals surface area contributed by atoms with Crippen molar-refractivity contribution in [3.8, 4) is 11.1 Å². The van der Waals surface area contributed by atoms with Gasteiger partial charge in [-0.3, -0.25) is 9.78 Å². The van der Waals surface area contributed by atoms with Crippen LogP contribution in [0.4, 0.5) is 5.82 Å². The number of nitrogens with two attached hydrogens (primary N) is 1. The van der Waals surface area contributed by atoms with E-state index in [0.717, 1.165) is 53.9 Å². The van der Waals surface area contributed by atoms with E-state index in [1.807, 2.05) is 18.2 Å². The number of allylic oxidation sites excluding steroid dienone is 4. The number of nitrogens with zero attached hydrogens (tertiary/aromatic N) is 5. The molecule has 8 nitrogen and oxygen atoms in total. The van der Waals surface area contributed by atoms with Gasteiger partial charge in [0.2, 0.25) is 0 Å². The van der Waals surface area contributed by atoms with Gasteiger partial charge in [0.25, 0.3) is 5.91 Å². The predicted octanol–water partition coefficient (Wildman–Crippen LogP) is 3.14. The van der Waals surface area contributed by atoms with Gasteiger partial charge in [0.15, 0.2) is 5.82 Å².